The van der Waals surface area contributed by atoms with Crippen LogP contribution in [0.1, 0.15) is 33.6 Å². The fourth-order valence-electron chi connectivity index (χ4n) is 1.47. The maximum atomic E-state index is 11.9. The molecule has 0 aromatic heterocycles. The molecule has 0 spiro atoms. The Kier molecular flexibility index (Phi) is 3.22. The highest BCUT2D eigenvalue weighted by molar-refractivity contribution is 7.99. The summed E-state index contributed by atoms with van der Waals surface area (Å²) in [5.41, 5.74) is -0.0877. The summed E-state index contributed by atoms with van der Waals surface area (Å²) in [5, 5.41) is 0. The zero-order chi connectivity index (χ0) is 9.19. The van der Waals surface area contributed by atoms with E-state index >= 15 is 0 Å². The van der Waals surface area contributed by atoms with Crippen LogP contribution in [0.2, 0.25) is 0 Å². The molecular weight excluding hydrogens is 168 g/mol. The van der Waals surface area contributed by atoms with Crippen molar-refractivity contribution in [2.75, 3.05) is 11.5 Å². The van der Waals surface area contributed by atoms with Crippen LogP contribution < -0.4 is 0 Å². The highest BCUT2D eigenvalue weighted by atomic mass is 32.2. The van der Waals surface area contributed by atoms with Crippen molar-refractivity contribution in [1.29, 1.82) is 0 Å². The van der Waals surface area contributed by atoms with Gasteiger partial charge < -0.3 is 0 Å². The van der Waals surface area contributed by atoms with E-state index in [9.17, 15) is 4.79 Å². The lowest BCUT2D eigenvalue weighted by Gasteiger charge is -2.24. The second-order valence-corrected chi connectivity index (χ2v) is 5.31. The van der Waals surface area contributed by atoms with Gasteiger partial charge in [0.2, 0.25) is 0 Å². The predicted octanol–water partition coefficient (Wildman–Crippen LogP) is 2.74. The predicted molar refractivity (Wildman–Crippen MR) is 54.5 cm³/mol. The summed E-state index contributed by atoms with van der Waals surface area (Å²) in [4.78, 5) is 11.9. The SMILES string of the molecule is CCC(C)(C)C(=O)C1CCSC1. The van der Waals surface area contributed by atoms with E-state index in [2.05, 4.69) is 20.8 Å². The van der Waals surface area contributed by atoms with E-state index in [1.54, 1.807) is 0 Å². The molecule has 1 atom stereocenters. The average Bonchev–Trinajstić information content (AvgIpc) is 2.55. The largest absolute Gasteiger partial charge is 0.299 e. The lowest BCUT2D eigenvalue weighted by molar-refractivity contribution is -0.130. The Balaban J connectivity index is 2.56. The number of Topliss-reactive ketones (excluding diaryl/α,β-unsaturated/α-hetero) is 1. The standard InChI is InChI=1S/C10H18OS/c1-4-10(2,3)9(11)8-5-6-12-7-8/h8H,4-7H2,1-3H3. The number of carbonyl (C=O) groups is 1. The van der Waals surface area contributed by atoms with Gasteiger partial charge in [0.15, 0.2) is 0 Å². The summed E-state index contributed by atoms with van der Waals surface area (Å²) in [5.74, 6) is 3.07. The molecule has 1 saturated heterocycles. The van der Waals surface area contributed by atoms with E-state index < -0.39 is 0 Å². The Morgan fingerprint density at radius 1 is 1.58 bits per heavy atom. The van der Waals surface area contributed by atoms with Gasteiger partial charge in [-0.05, 0) is 18.6 Å². The van der Waals surface area contributed by atoms with Crippen LogP contribution in [0, 0.1) is 11.3 Å². The zero-order valence-corrected chi connectivity index (χ0v) is 9.04. The Bertz CT molecular complexity index is 169. The van der Waals surface area contributed by atoms with Gasteiger partial charge in [0.1, 0.15) is 5.78 Å². The van der Waals surface area contributed by atoms with Crippen LogP contribution in [-0.4, -0.2) is 17.3 Å². The van der Waals surface area contributed by atoms with Gasteiger partial charge in [-0.3, -0.25) is 4.79 Å². The van der Waals surface area contributed by atoms with Gasteiger partial charge in [-0.1, -0.05) is 20.8 Å². The van der Waals surface area contributed by atoms with Crippen LogP contribution in [0.3, 0.4) is 0 Å². The van der Waals surface area contributed by atoms with E-state index in [1.165, 1.54) is 5.75 Å². The quantitative estimate of drug-likeness (QED) is 0.674. The topological polar surface area (TPSA) is 17.1 Å². The minimum absolute atomic E-state index is 0.0877. The molecule has 0 aromatic carbocycles. The molecule has 0 radical (unpaired) electrons. The summed E-state index contributed by atoms with van der Waals surface area (Å²) in [6, 6.07) is 0. The minimum atomic E-state index is -0.0877. The first-order chi connectivity index (χ1) is 5.58. The Hall–Kier alpha value is 0.0200. The van der Waals surface area contributed by atoms with E-state index in [-0.39, 0.29) is 5.41 Å². The maximum Gasteiger partial charge on any atom is 0.142 e. The summed E-state index contributed by atoms with van der Waals surface area (Å²) >= 11 is 1.92. The average molecular weight is 186 g/mol. The van der Waals surface area contributed by atoms with Gasteiger partial charge in [0.25, 0.3) is 0 Å². The number of carbonyl (C=O) groups excluding carboxylic acids is 1. The molecule has 12 heavy (non-hydrogen) atoms. The van der Waals surface area contributed by atoms with Crippen LogP contribution in [0.15, 0.2) is 0 Å². The molecule has 0 aromatic rings. The lowest BCUT2D eigenvalue weighted by Crippen LogP contribution is -2.30. The smallest absolute Gasteiger partial charge is 0.142 e. The molecule has 0 saturated carbocycles. The molecular formula is C10H18OS. The van der Waals surface area contributed by atoms with Crippen molar-refractivity contribution in [3.8, 4) is 0 Å². The third kappa shape index (κ3) is 2.03. The van der Waals surface area contributed by atoms with E-state index in [0.717, 1.165) is 18.6 Å². The van der Waals surface area contributed by atoms with Crippen molar-refractivity contribution in [2.24, 2.45) is 11.3 Å². The van der Waals surface area contributed by atoms with E-state index in [1.807, 2.05) is 11.8 Å². The van der Waals surface area contributed by atoms with Crippen molar-refractivity contribution < 1.29 is 4.79 Å². The molecule has 1 heterocycles. The molecule has 1 aliphatic rings. The second kappa shape index (κ2) is 3.82. The third-order valence-corrected chi connectivity index (χ3v) is 4.01. The molecule has 2 heteroatoms. The lowest BCUT2D eigenvalue weighted by atomic mass is 9.79. The van der Waals surface area contributed by atoms with Gasteiger partial charge >= 0.3 is 0 Å². The molecule has 1 aliphatic heterocycles. The highest BCUT2D eigenvalue weighted by Gasteiger charge is 2.33. The van der Waals surface area contributed by atoms with Gasteiger partial charge in [-0.25, -0.2) is 0 Å². The number of ketones is 1. The van der Waals surface area contributed by atoms with Gasteiger partial charge in [0.05, 0.1) is 0 Å². The van der Waals surface area contributed by atoms with Crippen molar-refractivity contribution in [1.82, 2.24) is 0 Å². The van der Waals surface area contributed by atoms with Crippen LogP contribution in [0.25, 0.3) is 0 Å². The maximum absolute atomic E-state index is 11.9. The fraction of sp³-hybridized carbons (Fsp3) is 0.900. The highest BCUT2D eigenvalue weighted by Crippen LogP contribution is 2.32. The molecule has 1 rings (SSSR count). The van der Waals surface area contributed by atoms with Crippen molar-refractivity contribution in [3.63, 3.8) is 0 Å². The van der Waals surface area contributed by atoms with Crippen molar-refractivity contribution in [2.45, 2.75) is 33.6 Å². The molecule has 1 unspecified atom stereocenters. The summed E-state index contributed by atoms with van der Waals surface area (Å²) in [6.45, 7) is 6.23. The Labute approximate surface area is 79.3 Å². The van der Waals surface area contributed by atoms with Crippen molar-refractivity contribution in [3.05, 3.63) is 0 Å². The summed E-state index contributed by atoms with van der Waals surface area (Å²) in [6.07, 6.45) is 2.07. The van der Waals surface area contributed by atoms with E-state index in [0.29, 0.717) is 11.7 Å². The number of rotatable bonds is 3. The molecule has 70 valence electrons. The summed E-state index contributed by atoms with van der Waals surface area (Å²) in [7, 11) is 0. The van der Waals surface area contributed by atoms with E-state index in [4.69, 9.17) is 0 Å². The van der Waals surface area contributed by atoms with Crippen LogP contribution >= 0.6 is 11.8 Å². The first-order valence-electron chi connectivity index (χ1n) is 4.70. The molecule has 0 bridgehead atoms. The second-order valence-electron chi connectivity index (χ2n) is 4.16. The van der Waals surface area contributed by atoms with Gasteiger partial charge in [-0.2, -0.15) is 11.8 Å². The monoisotopic (exact) mass is 186 g/mol. The first-order valence-corrected chi connectivity index (χ1v) is 5.85. The molecule has 1 fully saturated rings. The molecule has 1 nitrogen and oxygen atoms in total. The number of hydrogen-bond acceptors (Lipinski definition) is 2. The molecule has 0 amide bonds. The minimum Gasteiger partial charge on any atom is -0.299 e. The van der Waals surface area contributed by atoms with Gasteiger partial charge in [-0.15, -0.1) is 0 Å². The van der Waals surface area contributed by atoms with Gasteiger partial charge in [0, 0.05) is 17.1 Å². The van der Waals surface area contributed by atoms with Crippen LogP contribution in [0.4, 0.5) is 0 Å². The Morgan fingerprint density at radius 2 is 2.25 bits per heavy atom. The summed E-state index contributed by atoms with van der Waals surface area (Å²) < 4.78 is 0. The normalized spacial score (nSPS) is 24.4. The Morgan fingerprint density at radius 3 is 2.67 bits per heavy atom. The fourth-order valence-corrected chi connectivity index (χ4v) is 2.69. The van der Waals surface area contributed by atoms with Crippen LogP contribution in [0.5, 0.6) is 0 Å². The first kappa shape index (κ1) is 10.1. The molecule has 0 N–H and O–H groups in total. The zero-order valence-electron chi connectivity index (χ0n) is 8.22. The third-order valence-electron chi connectivity index (χ3n) is 2.85. The van der Waals surface area contributed by atoms with Crippen molar-refractivity contribution >= 4 is 17.5 Å². The number of thioether (sulfide) groups is 1. The van der Waals surface area contributed by atoms with Crippen LogP contribution in [-0.2, 0) is 4.79 Å². The molecule has 0 aliphatic carbocycles. The number of hydrogen-bond donors (Lipinski definition) is 0.